The highest BCUT2D eigenvalue weighted by atomic mass is 32.2. The first-order chi connectivity index (χ1) is 8.10. The van der Waals surface area contributed by atoms with E-state index in [1.54, 1.807) is 19.1 Å². The van der Waals surface area contributed by atoms with E-state index in [-0.39, 0.29) is 18.3 Å². The first-order valence-electron chi connectivity index (χ1n) is 5.40. The predicted molar refractivity (Wildman–Crippen MR) is 71.3 cm³/mol. The second kappa shape index (κ2) is 12.8. The maximum Gasteiger partial charge on any atom is 0.272 e. The van der Waals surface area contributed by atoms with E-state index in [9.17, 15) is 8.68 Å². The van der Waals surface area contributed by atoms with Crippen LogP contribution in [0.2, 0.25) is 0 Å². The van der Waals surface area contributed by atoms with Gasteiger partial charge >= 0.3 is 0 Å². The molecule has 0 saturated heterocycles. The Labute approximate surface area is 107 Å². The number of aryl methyl sites for hydroxylation is 1. The Kier molecular flexibility index (Phi) is 13.7. The topological polar surface area (TPSA) is 52.3 Å². The van der Waals surface area contributed by atoms with Crippen molar-refractivity contribution in [1.82, 2.24) is 0 Å². The molecule has 0 bridgehead atoms. The second-order valence-corrected chi connectivity index (χ2v) is 3.07. The molecule has 0 aromatic heterocycles. The molecular formula is C12H20FNO2S. The summed E-state index contributed by atoms with van der Waals surface area (Å²) in [4.78, 5) is 9.59. The molecule has 98 valence electrons. The van der Waals surface area contributed by atoms with Gasteiger partial charge in [-0.05, 0) is 19.1 Å². The zero-order valence-electron chi connectivity index (χ0n) is 10.7. The SMILES string of the molecule is CC.CCC(N)=O.Cc1ccc(OSF)cc1. The highest BCUT2D eigenvalue weighted by Crippen LogP contribution is 2.16. The van der Waals surface area contributed by atoms with Crippen molar-refractivity contribution < 1.29 is 12.9 Å². The van der Waals surface area contributed by atoms with E-state index in [0.29, 0.717) is 12.2 Å². The van der Waals surface area contributed by atoms with Gasteiger partial charge in [0.15, 0.2) is 0 Å². The molecule has 0 unspecified atom stereocenters. The maximum atomic E-state index is 11.5. The lowest BCUT2D eigenvalue weighted by Gasteiger charge is -1.96. The fourth-order valence-corrected chi connectivity index (χ4v) is 0.814. The summed E-state index contributed by atoms with van der Waals surface area (Å²) in [5, 5.41) is 0. The minimum absolute atomic E-state index is 0.139. The molecule has 0 fully saturated rings. The summed E-state index contributed by atoms with van der Waals surface area (Å²) >= 11 is -0.139. The maximum absolute atomic E-state index is 11.5. The van der Waals surface area contributed by atoms with Crippen LogP contribution in [0.3, 0.4) is 0 Å². The molecule has 17 heavy (non-hydrogen) atoms. The summed E-state index contributed by atoms with van der Waals surface area (Å²) in [6.45, 7) is 7.69. The van der Waals surface area contributed by atoms with E-state index in [0.717, 1.165) is 5.56 Å². The third kappa shape index (κ3) is 12.7. The number of nitrogens with two attached hydrogens (primary N) is 1. The van der Waals surface area contributed by atoms with Gasteiger partial charge in [0, 0.05) is 6.42 Å². The molecule has 0 saturated carbocycles. The molecule has 3 nitrogen and oxygen atoms in total. The van der Waals surface area contributed by atoms with Crippen LogP contribution in [-0.2, 0) is 4.79 Å². The van der Waals surface area contributed by atoms with Crippen molar-refractivity contribution in [3.63, 3.8) is 0 Å². The Bertz CT molecular complexity index is 291. The molecule has 1 amide bonds. The van der Waals surface area contributed by atoms with E-state index in [1.165, 1.54) is 0 Å². The van der Waals surface area contributed by atoms with Crippen LogP contribution in [0.15, 0.2) is 24.3 Å². The van der Waals surface area contributed by atoms with Gasteiger partial charge in [-0.25, -0.2) is 0 Å². The molecule has 0 heterocycles. The van der Waals surface area contributed by atoms with Crippen molar-refractivity contribution in [2.24, 2.45) is 5.73 Å². The summed E-state index contributed by atoms with van der Waals surface area (Å²) in [7, 11) is 0. The Morgan fingerprint density at radius 1 is 1.35 bits per heavy atom. The number of carbonyl (C=O) groups excluding carboxylic acids is 1. The molecule has 1 aromatic rings. The van der Waals surface area contributed by atoms with Gasteiger partial charge in [-0.15, -0.1) is 3.89 Å². The largest absolute Gasteiger partial charge is 0.397 e. The Balaban J connectivity index is 0. The van der Waals surface area contributed by atoms with Crippen LogP contribution in [-0.4, -0.2) is 5.91 Å². The van der Waals surface area contributed by atoms with E-state index in [4.69, 9.17) is 0 Å². The zero-order valence-corrected chi connectivity index (χ0v) is 11.5. The first-order valence-corrected chi connectivity index (χ1v) is 6.04. The molecular weight excluding hydrogens is 241 g/mol. The average Bonchev–Trinajstić information content (AvgIpc) is 2.36. The van der Waals surface area contributed by atoms with Crippen molar-refractivity contribution in [2.45, 2.75) is 34.1 Å². The number of benzene rings is 1. The van der Waals surface area contributed by atoms with Gasteiger partial charge in [0.05, 0.1) is 0 Å². The molecule has 2 N–H and O–H groups in total. The van der Waals surface area contributed by atoms with Gasteiger partial charge in [-0.3, -0.25) is 4.79 Å². The minimum Gasteiger partial charge on any atom is -0.397 e. The molecule has 1 rings (SSSR count). The van der Waals surface area contributed by atoms with E-state index in [2.05, 4.69) is 9.92 Å². The van der Waals surface area contributed by atoms with Crippen molar-refractivity contribution >= 4 is 18.3 Å². The second-order valence-electron chi connectivity index (χ2n) is 2.78. The normalized spacial score (nSPS) is 8.06. The summed E-state index contributed by atoms with van der Waals surface area (Å²) in [6, 6.07) is 7.18. The van der Waals surface area contributed by atoms with Crippen molar-refractivity contribution in [3.8, 4) is 5.75 Å². The van der Waals surface area contributed by atoms with Crippen molar-refractivity contribution in [1.29, 1.82) is 0 Å². The molecule has 0 aliphatic heterocycles. The number of hydrogen-bond donors (Lipinski definition) is 1. The highest BCUT2D eigenvalue weighted by molar-refractivity contribution is 7.89. The third-order valence-electron chi connectivity index (χ3n) is 1.50. The van der Waals surface area contributed by atoms with E-state index >= 15 is 0 Å². The van der Waals surface area contributed by atoms with Crippen molar-refractivity contribution in [2.75, 3.05) is 0 Å². The standard InChI is InChI=1S/C7H7FOS.C3H7NO.C2H6/c1-6-2-4-7(5-3-6)9-10-8;1-2-3(4)5;1-2/h2-5H,1H3;2H2,1H3,(H2,4,5);1-2H3. The number of rotatable bonds is 3. The fourth-order valence-electron chi connectivity index (χ4n) is 0.630. The molecule has 1 aromatic carbocycles. The van der Waals surface area contributed by atoms with Gasteiger partial charge in [0.2, 0.25) is 5.91 Å². The van der Waals surface area contributed by atoms with Crippen LogP contribution >= 0.6 is 12.4 Å². The first kappa shape index (κ1) is 18.1. The van der Waals surface area contributed by atoms with Gasteiger partial charge < -0.3 is 9.92 Å². The van der Waals surface area contributed by atoms with Crippen LogP contribution in [0.1, 0.15) is 32.8 Å². The van der Waals surface area contributed by atoms with Crippen LogP contribution < -0.4 is 9.92 Å². The zero-order chi connectivity index (χ0) is 13.7. The number of halogens is 1. The quantitative estimate of drug-likeness (QED) is 0.842. The predicted octanol–water partition coefficient (Wildman–Crippen LogP) is 3.81. The smallest absolute Gasteiger partial charge is 0.272 e. The summed E-state index contributed by atoms with van der Waals surface area (Å²) < 4.78 is 16.0. The summed E-state index contributed by atoms with van der Waals surface area (Å²) in [6.07, 6.45) is 0.444. The molecule has 0 atom stereocenters. The lowest BCUT2D eigenvalue weighted by molar-refractivity contribution is -0.117. The van der Waals surface area contributed by atoms with Gasteiger partial charge in [-0.2, -0.15) is 0 Å². The van der Waals surface area contributed by atoms with Crippen molar-refractivity contribution in [3.05, 3.63) is 29.8 Å². The van der Waals surface area contributed by atoms with Crippen LogP contribution in [0.25, 0.3) is 0 Å². The van der Waals surface area contributed by atoms with E-state index < -0.39 is 0 Å². The molecule has 5 heteroatoms. The number of amides is 1. The number of hydrogen-bond acceptors (Lipinski definition) is 3. The lowest BCUT2D eigenvalue weighted by Crippen LogP contribution is -2.06. The minimum atomic E-state index is -0.245. The number of carbonyl (C=O) groups is 1. The molecule has 0 spiro atoms. The van der Waals surface area contributed by atoms with E-state index in [1.807, 2.05) is 32.9 Å². The third-order valence-corrected chi connectivity index (χ3v) is 1.75. The Hall–Kier alpha value is -1.23. The monoisotopic (exact) mass is 261 g/mol. The van der Waals surface area contributed by atoms with Gasteiger partial charge in [-0.1, -0.05) is 38.5 Å². The van der Waals surface area contributed by atoms with Gasteiger partial charge in [0.1, 0.15) is 5.75 Å². The van der Waals surface area contributed by atoms with Crippen LogP contribution in [0, 0.1) is 6.92 Å². The average molecular weight is 261 g/mol. The Morgan fingerprint density at radius 3 is 2.06 bits per heavy atom. The molecule has 0 aliphatic carbocycles. The highest BCUT2D eigenvalue weighted by Gasteiger charge is 1.91. The fraction of sp³-hybridized carbons (Fsp3) is 0.417. The lowest BCUT2D eigenvalue weighted by atomic mass is 10.2. The van der Waals surface area contributed by atoms with Crippen LogP contribution in [0.4, 0.5) is 3.89 Å². The summed E-state index contributed by atoms with van der Waals surface area (Å²) in [5.74, 6) is 0.295. The molecule has 0 aliphatic rings. The number of primary amides is 1. The molecule has 0 radical (unpaired) electrons. The van der Waals surface area contributed by atoms with Crippen LogP contribution in [0.5, 0.6) is 5.75 Å². The van der Waals surface area contributed by atoms with Gasteiger partial charge in [0.25, 0.3) is 12.4 Å². The summed E-state index contributed by atoms with van der Waals surface area (Å²) in [5.41, 5.74) is 5.79. The Morgan fingerprint density at radius 2 is 1.76 bits per heavy atom.